The van der Waals surface area contributed by atoms with E-state index in [1.165, 1.54) is 36.7 Å². The summed E-state index contributed by atoms with van der Waals surface area (Å²) in [5, 5.41) is 3.91. The fourth-order valence-electron chi connectivity index (χ4n) is 2.14. The largest absolute Gasteiger partial charge is 0.358 e. The highest BCUT2D eigenvalue weighted by atomic mass is 32.2. The molecule has 110 valence electrons. The van der Waals surface area contributed by atoms with Crippen LogP contribution in [0.5, 0.6) is 0 Å². The second-order valence-corrected chi connectivity index (χ2v) is 6.38. The fourth-order valence-corrected chi connectivity index (χ4v) is 3.23. The van der Waals surface area contributed by atoms with E-state index in [2.05, 4.69) is 15.0 Å². The molecular weight excluding hydrogens is 309 g/mol. The highest BCUT2D eigenvalue weighted by molar-refractivity contribution is 8.22. The molecule has 0 atom stereocenters. The topological polar surface area (TPSA) is 42.2 Å². The van der Waals surface area contributed by atoms with Gasteiger partial charge in [0.05, 0.1) is 5.75 Å². The maximum Gasteiger partial charge on any atom is 0.237 e. The minimum atomic E-state index is -0.283. The van der Waals surface area contributed by atoms with Crippen LogP contribution < -0.4 is 0 Å². The number of thioether (sulfide) groups is 1. The number of benzene rings is 1. The van der Waals surface area contributed by atoms with Gasteiger partial charge in [-0.1, -0.05) is 29.1 Å². The number of aromatic nitrogens is 2. The van der Waals surface area contributed by atoms with E-state index in [1.54, 1.807) is 12.1 Å². The van der Waals surface area contributed by atoms with Gasteiger partial charge in [0, 0.05) is 18.7 Å². The Bertz CT molecular complexity index is 623. The van der Waals surface area contributed by atoms with Gasteiger partial charge in [0.1, 0.15) is 10.1 Å². The zero-order valence-corrected chi connectivity index (χ0v) is 12.9. The van der Waals surface area contributed by atoms with Crippen molar-refractivity contribution in [1.82, 2.24) is 15.0 Å². The van der Waals surface area contributed by atoms with Crippen LogP contribution in [-0.4, -0.2) is 32.5 Å². The van der Waals surface area contributed by atoms with E-state index in [9.17, 15) is 4.39 Å². The number of rotatable bonds is 3. The summed E-state index contributed by atoms with van der Waals surface area (Å²) in [6, 6.07) is 6.02. The average Bonchev–Trinajstić information content (AvgIpc) is 3.17. The van der Waals surface area contributed by atoms with Gasteiger partial charge in [-0.15, -0.1) is 0 Å². The van der Waals surface area contributed by atoms with Crippen molar-refractivity contribution in [2.45, 2.75) is 18.6 Å². The Morgan fingerprint density at radius 2 is 2.00 bits per heavy atom. The van der Waals surface area contributed by atoms with Gasteiger partial charge in [0.2, 0.25) is 11.7 Å². The third kappa shape index (κ3) is 3.59. The van der Waals surface area contributed by atoms with Gasteiger partial charge in [-0.3, -0.25) is 0 Å². The molecule has 1 saturated heterocycles. The van der Waals surface area contributed by atoms with Gasteiger partial charge < -0.3 is 9.42 Å². The lowest BCUT2D eigenvalue weighted by atomic mass is 10.2. The summed E-state index contributed by atoms with van der Waals surface area (Å²) in [7, 11) is 0. The Balaban J connectivity index is 1.60. The molecule has 2 aromatic rings. The lowest BCUT2D eigenvalue weighted by Gasteiger charge is -2.16. The molecule has 1 aromatic heterocycles. The molecular formula is C14H14FN3OS2. The van der Waals surface area contributed by atoms with E-state index >= 15 is 0 Å². The van der Waals surface area contributed by atoms with Crippen molar-refractivity contribution in [1.29, 1.82) is 0 Å². The maximum atomic E-state index is 12.9. The molecule has 0 N–H and O–H groups in total. The highest BCUT2D eigenvalue weighted by Crippen LogP contribution is 2.21. The molecule has 21 heavy (non-hydrogen) atoms. The molecule has 0 amide bonds. The molecule has 4 nitrogen and oxygen atoms in total. The van der Waals surface area contributed by atoms with Crippen molar-refractivity contribution in [2.75, 3.05) is 13.1 Å². The van der Waals surface area contributed by atoms with Crippen molar-refractivity contribution in [3.63, 3.8) is 0 Å². The molecule has 2 heterocycles. The van der Waals surface area contributed by atoms with E-state index in [4.69, 9.17) is 16.7 Å². The van der Waals surface area contributed by atoms with Crippen LogP contribution in [0.3, 0.4) is 0 Å². The molecule has 3 rings (SSSR count). The van der Waals surface area contributed by atoms with Gasteiger partial charge in [0.25, 0.3) is 0 Å². The van der Waals surface area contributed by atoms with E-state index in [0.717, 1.165) is 23.0 Å². The van der Waals surface area contributed by atoms with Gasteiger partial charge in [-0.25, -0.2) is 4.39 Å². The van der Waals surface area contributed by atoms with Crippen LogP contribution in [0.25, 0.3) is 11.4 Å². The minimum absolute atomic E-state index is 0.283. The van der Waals surface area contributed by atoms with Crippen LogP contribution in [-0.2, 0) is 5.75 Å². The number of thiocarbonyl (C=S) groups is 1. The molecule has 0 spiro atoms. The van der Waals surface area contributed by atoms with Gasteiger partial charge >= 0.3 is 0 Å². The minimum Gasteiger partial charge on any atom is -0.358 e. The van der Waals surface area contributed by atoms with Gasteiger partial charge in [0.15, 0.2) is 0 Å². The number of hydrogen-bond donors (Lipinski definition) is 0. The predicted molar refractivity (Wildman–Crippen MR) is 84.4 cm³/mol. The smallest absolute Gasteiger partial charge is 0.237 e. The SMILES string of the molecule is Fc1ccc(-c2noc(CSC(=S)N3CCCC3)n2)cc1. The van der Waals surface area contributed by atoms with Crippen LogP contribution in [0, 0.1) is 5.82 Å². The van der Waals surface area contributed by atoms with Crippen molar-refractivity contribution < 1.29 is 8.91 Å². The molecule has 0 aliphatic carbocycles. The van der Waals surface area contributed by atoms with Crippen molar-refractivity contribution >= 4 is 28.3 Å². The lowest BCUT2D eigenvalue weighted by molar-refractivity contribution is 0.392. The van der Waals surface area contributed by atoms with Crippen LogP contribution in [0.15, 0.2) is 28.8 Å². The molecule has 0 saturated carbocycles. The van der Waals surface area contributed by atoms with Crippen LogP contribution >= 0.6 is 24.0 Å². The number of likely N-dealkylation sites (tertiary alicyclic amines) is 1. The molecule has 1 aromatic carbocycles. The van der Waals surface area contributed by atoms with E-state index < -0.39 is 0 Å². The quantitative estimate of drug-likeness (QED) is 0.806. The summed E-state index contributed by atoms with van der Waals surface area (Å²) < 4.78 is 19.0. The van der Waals surface area contributed by atoms with Crippen molar-refractivity contribution in [3.8, 4) is 11.4 Å². The lowest BCUT2D eigenvalue weighted by Crippen LogP contribution is -2.23. The van der Waals surface area contributed by atoms with Gasteiger partial charge in [-0.2, -0.15) is 4.98 Å². The first kappa shape index (κ1) is 14.5. The normalized spacial score (nSPS) is 14.6. The Hall–Kier alpha value is -1.47. The van der Waals surface area contributed by atoms with Crippen LogP contribution in [0.2, 0.25) is 0 Å². The van der Waals surface area contributed by atoms with Crippen LogP contribution in [0.4, 0.5) is 4.39 Å². The monoisotopic (exact) mass is 323 g/mol. The summed E-state index contributed by atoms with van der Waals surface area (Å²) in [5.74, 6) is 1.27. The Morgan fingerprint density at radius 1 is 1.29 bits per heavy atom. The summed E-state index contributed by atoms with van der Waals surface area (Å²) >= 11 is 6.92. The number of nitrogens with zero attached hydrogens (tertiary/aromatic N) is 3. The second-order valence-electron chi connectivity index (χ2n) is 4.77. The molecule has 0 unspecified atom stereocenters. The number of halogens is 1. The first-order chi connectivity index (χ1) is 10.2. The Morgan fingerprint density at radius 3 is 2.71 bits per heavy atom. The first-order valence-corrected chi connectivity index (χ1v) is 8.12. The van der Waals surface area contributed by atoms with E-state index in [-0.39, 0.29) is 5.82 Å². The zero-order chi connectivity index (χ0) is 14.7. The molecule has 0 radical (unpaired) electrons. The van der Waals surface area contributed by atoms with Crippen molar-refractivity contribution in [2.24, 2.45) is 0 Å². The van der Waals surface area contributed by atoms with E-state index in [0.29, 0.717) is 17.5 Å². The zero-order valence-electron chi connectivity index (χ0n) is 11.3. The summed E-state index contributed by atoms with van der Waals surface area (Å²) in [6.45, 7) is 2.08. The Labute approximate surface area is 131 Å². The molecule has 1 aliphatic rings. The average molecular weight is 323 g/mol. The molecule has 1 fully saturated rings. The second kappa shape index (κ2) is 6.53. The molecule has 7 heteroatoms. The van der Waals surface area contributed by atoms with Crippen LogP contribution in [0.1, 0.15) is 18.7 Å². The maximum absolute atomic E-state index is 12.9. The summed E-state index contributed by atoms with van der Waals surface area (Å²) in [4.78, 5) is 6.52. The summed E-state index contributed by atoms with van der Waals surface area (Å²) in [6.07, 6.45) is 2.41. The highest BCUT2D eigenvalue weighted by Gasteiger charge is 2.16. The standard InChI is InChI=1S/C14H14FN3OS2/c15-11-5-3-10(4-6-11)13-16-12(19-17-13)9-21-14(20)18-7-1-2-8-18/h3-6H,1-2,7-9H2. The third-order valence-corrected chi connectivity index (χ3v) is 4.76. The number of hydrogen-bond acceptors (Lipinski definition) is 5. The van der Waals surface area contributed by atoms with Gasteiger partial charge in [-0.05, 0) is 37.1 Å². The van der Waals surface area contributed by atoms with Crippen molar-refractivity contribution in [3.05, 3.63) is 36.0 Å². The summed E-state index contributed by atoms with van der Waals surface area (Å²) in [5.41, 5.74) is 0.735. The first-order valence-electron chi connectivity index (χ1n) is 6.72. The third-order valence-electron chi connectivity index (χ3n) is 3.25. The van der Waals surface area contributed by atoms with E-state index in [1.807, 2.05) is 0 Å². The molecule has 1 aliphatic heterocycles. The predicted octanol–water partition coefficient (Wildman–Crippen LogP) is 3.49. The Kier molecular flexibility index (Phi) is 4.50. The molecule has 0 bridgehead atoms. The fraction of sp³-hybridized carbons (Fsp3) is 0.357.